The Morgan fingerprint density at radius 2 is 1.90 bits per heavy atom. The molecule has 0 radical (unpaired) electrons. The summed E-state index contributed by atoms with van der Waals surface area (Å²) in [5.41, 5.74) is 2.11. The summed E-state index contributed by atoms with van der Waals surface area (Å²) in [5, 5.41) is 12.2. The number of carbonyl (C=O) groups is 2. The summed E-state index contributed by atoms with van der Waals surface area (Å²) in [6.07, 6.45) is 0. The molecule has 2 aromatic heterocycles. The van der Waals surface area contributed by atoms with E-state index in [0.29, 0.717) is 48.9 Å². The number of thiophene rings is 1. The third kappa shape index (κ3) is 4.39. The molecule has 7 nitrogen and oxygen atoms in total. The SMILES string of the molecule is CCOC(=O)c1c(C)csc1NC(=O)Nc1c(-c2c(Cl)cccc2Cl)noc1C. The van der Waals surface area contributed by atoms with Crippen molar-refractivity contribution in [2.24, 2.45) is 0 Å². The van der Waals surface area contributed by atoms with Crippen LogP contribution in [0.1, 0.15) is 28.6 Å². The van der Waals surface area contributed by atoms with E-state index in [2.05, 4.69) is 15.8 Å². The molecule has 0 fully saturated rings. The van der Waals surface area contributed by atoms with Gasteiger partial charge in [0, 0.05) is 5.56 Å². The average molecular weight is 454 g/mol. The Morgan fingerprint density at radius 1 is 1.21 bits per heavy atom. The van der Waals surface area contributed by atoms with Gasteiger partial charge >= 0.3 is 12.0 Å². The van der Waals surface area contributed by atoms with Crippen molar-refractivity contribution in [1.82, 2.24) is 5.16 Å². The number of ether oxygens (including phenoxy) is 1. The normalized spacial score (nSPS) is 10.7. The van der Waals surface area contributed by atoms with Crippen LogP contribution < -0.4 is 10.6 Å². The van der Waals surface area contributed by atoms with E-state index in [1.54, 1.807) is 44.4 Å². The molecule has 0 aliphatic heterocycles. The maximum Gasteiger partial charge on any atom is 0.341 e. The molecule has 2 amide bonds. The Balaban J connectivity index is 1.87. The maximum absolute atomic E-state index is 12.6. The van der Waals surface area contributed by atoms with Gasteiger partial charge < -0.3 is 14.6 Å². The summed E-state index contributed by atoms with van der Waals surface area (Å²) in [6, 6.07) is 4.46. The summed E-state index contributed by atoms with van der Waals surface area (Å²) in [5.74, 6) is -0.120. The minimum atomic E-state index is -0.576. The van der Waals surface area contributed by atoms with Gasteiger partial charge in [-0.1, -0.05) is 34.4 Å². The molecule has 2 heterocycles. The van der Waals surface area contributed by atoms with Crippen molar-refractivity contribution < 1.29 is 18.8 Å². The molecule has 0 aliphatic rings. The molecule has 0 saturated carbocycles. The Hall–Kier alpha value is -2.55. The minimum absolute atomic E-state index is 0.238. The number of benzene rings is 1. The molecule has 10 heteroatoms. The number of rotatable bonds is 5. The molecule has 0 spiro atoms. The summed E-state index contributed by atoms with van der Waals surface area (Å²) in [4.78, 5) is 24.8. The molecule has 2 N–H and O–H groups in total. The monoisotopic (exact) mass is 453 g/mol. The number of nitrogens with one attached hydrogen (secondary N) is 2. The second kappa shape index (κ2) is 8.86. The molecule has 0 atom stereocenters. The molecule has 152 valence electrons. The molecule has 1 aromatic carbocycles. The van der Waals surface area contributed by atoms with Crippen LogP contribution in [0.3, 0.4) is 0 Å². The van der Waals surface area contributed by atoms with E-state index >= 15 is 0 Å². The second-order valence-corrected chi connectivity index (χ2v) is 7.68. The highest BCUT2D eigenvalue weighted by Gasteiger charge is 2.23. The molecule has 29 heavy (non-hydrogen) atoms. The van der Waals surface area contributed by atoms with Gasteiger partial charge in [-0.05, 0) is 43.8 Å². The largest absolute Gasteiger partial charge is 0.462 e. The van der Waals surface area contributed by atoms with E-state index in [9.17, 15) is 9.59 Å². The van der Waals surface area contributed by atoms with Crippen LogP contribution in [0.25, 0.3) is 11.3 Å². The molecule has 0 bridgehead atoms. The number of aryl methyl sites for hydroxylation is 2. The first-order valence-corrected chi connectivity index (χ1v) is 10.2. The van der Waals surface area contributed by atoms with E-state index in [0.717, 1.165) is 0 Å². The zero-order valence-corrected chi connectivity index (χ0v) is 18.1. The molecular weight excluding hydrogens is 437 g/mol. The summed E-state index contributed by atoms with van der Waals surface area (Å²) >= 11 is 13.7. The lowest BCUT2D eigenvalue weighted by molar-refractivity contribution is 0.0527. The van der Waals surface area contributed by atoms with Gasteiger partial charge in [-0.2, -0.15) is 0 Å². The summed E-state index contributed by atoms with van der Waals surface area (Å²) in [6.45, 7) is 5.38. The lowest BCUT2D eigenvalue weighted by atomic mass is 10.1. The predicted octanol–water partition coefficient (Wildman–Crippen LogP) is 6.15. The lowest BCUT2D eigenvalue weighted by Crippen LogP contribution is -2.21. The lowest BCUT2D eigenvalue weighted by Gasteiger charge is -2.10. The van der Waals surface area contributed by atoms with Crippen molar-refractivity contribution in [3.63, 3.8) is 0 Å². The number of nitrogens with zero attached hydrogens (tertiary/aromatic N) is 1. The van der Waals surface area contributed by atoms with Crippen LogP contribution in [-0.2, 0) is 4.74 Å². The van der Waals surface area contributed by atoms with Gasteiger partial charge in [-0.3, -0.25) is 5.32 Å². The van der Waals surface area contributed by atoms with E-state index in [1.165, 1.54) is 11.3 Å². The Labute approximate surface area is 180 Å². The molecule has 0 saturated heterocycles. The first-order chi connectivity index (χ1) is 13.8. The van der Waals surface area contributed by atoms with Crippen molar-refractivity contribution >= 4 is 57.2 Å². The van der Waals surface area contributed by atoms with Crippen LogP contribution in [0.2, 0.25) is 10.0 Å². The third-order valence-corrected chi connectivity index (χ3v) is 5.63. The Kier molecular flexibility index (Phi) is 6.46. The topological polar surface area (TPSA) is 93.5 Å². The van der Waals surface area contributed by atoms with E-state index in [-0.39, 0.29) is 6.61 Å². The van der Waals surface area contributed by atoms with Crippen LogP contribution in [0.15, 0.2) is 28.1 Å². The van der Waals surface area contributed by atoms with Crippen LogP contribution in [0.5, 0.6) is 0 Å². The number of carbonyl (C=O) groups excluding carboxylic acids is 2. The number of urea groups is 1. The van der Waals surface area contributed by atoms with Crippen molar-refractivity contribution in [2.75, 3.05) is 17.2 Å². The van der Waals surface area contributed by atoms with Crippen molar-refractivity contribution in [2.45, 2.75) is 20.8 Å². The first kappa shape index (κ1) is 21.2. The molecule has 0 aliphatic carbocycles. The van der Waals surface area contributed by atoms with Gasteiger partial charge in [0.1, 0.15) is 16.4 Å². The highest BCUT2D eigenvalue weighted by molar-refractivity contribution is 7.15. The Morgan fingerprint density at radius 3 is 2.55 bits per heavy atom. The van der Waals surface area contributed by atoms with Crippen molar-refractivity contribution in [1.29, 1.82) is 0 Å². The highest BCUT2D eigenvalue weighted by atomic mass is 35.5. The van der Waals surface area contributed by atoms with E-state index in [1.807, 2.05) is 0 Å². The van der Waals surface area contributed by atoms with Crippen molar-refractivity contribution in [3.05, 3.63) is 50.5 Å². The number of halogens is 2. The van der Waals surface area contributed by atoms with Gasteiger partial charge in [-0.15, -0.1) is 11.3 Å². The molecule has 3 aromatic rings. The second-order valence-electron chi connectivity index (χ2n) is 5.98. The number of amides is 2. The fourth-order valence-electron chi connectivity index (χ4n) is 2.66. The molecule has 3 rings (SSSR count). The number of hydrogen-bond acceptors (Lipinski definition) is 6. The minimum Gasteiger partial charge on any atom is -0.462 e. The standard InChI is InChI=1S/C19H17Cl2N3O4S/c1-4-27-18(25)13-9(2)8-29-17(13)23-19(26)22-15-10(3)28-24-16(15)14-11(20)6-5-7-12(14)21/h5-8H,4H2,1-3H3,(H2,22,23,26). The zero-order chi connectivity index (χ0) is 21.1. The summed E-state index contributed by atoms with van der Waals surface area (Å²) < 4.78 is 10.3. The number of anilines is 2. The first-order valence-electron chi connectivity index (χ1n) is 8.57. The number of hydrogen-bond donors (Lipinski definition) is 2. The highest BCUT2D eigenvalue weighted by Crippen LogP contribution is 2.39. The van der Waals surface area contributed by atoms with Gasteiger partial charge in [0.25, 0.3) is 0 Å². The Bertz CT molecular complexity index is 1060. The van der Waals surface area contributed by atoms with Crippen LogP contribution >= 0.6 is 34.5 Å². The fraction of sp³-hybridized carbons (Fsp3) is 0.211. The molecular formula is C19H17Cl2N3O4S. The average Bonchev–Trinajstić information content (AvgIpc) is 3.19. The number of aromatic nitrogens is 1. The smallest absolute Gasteiger partial charge is 0.341 e. The van der Waals surface area contributed by atoms with Crippen LogP contribution in [-0.4, -0.2) is 23.8 Å². The van der Waals surface area contributed by atoms with Crippen molar-refractivity contribution in [3.8, 4) is 11.3 Å². The van der Waals surface area contributed by atoms with E-state index in [4.69, 9.17) is 32.5 Å². The van der Waals surface area contributed by atoms with Gasteiger partial charge in [0.2, 0.25) is 0 Å². The predicted molar refractivity (Wildman–Crippen MR) is 114 cm³/mol. The van der Waals surface area contributed by atoms with Crippen LogP contribution in [0.4, 0.5) is 15.5 Å². The van der Waals surface area contributed by atoms with Gasteiger partial charge in [-0.25, -0.2) is 9.59 Å². The maximum atomic E-state index is 12.6. The van der Waals surface area contributed by atoms with Crippen LogP contribution in [0, 0.1) is 13.8 Å². The van der Waals surface area contributed by atoms with Gasteiger partial charge in [0.05, 0.1) is 22.2 Å². The number of esters is 1. The van der Waals surface area contributed by atoms with E-state index < -0.39 is 12.0 Å². The zero-order valence-electron chi connectivity index (χ0n) is 15.8. The fourth-order valence-corrected chi connectivity index (χ4v) is 4.16. The van der Waals surface area contributed by atoms with Gasteiger partial charge in [0.15, 0.2) is 5.76 Å². The quantitative estimate of drug-likeness (QED) is 0.451. The third-order valence-electron chi connectivity index (χ3n) is 3.98. The summed E-state index contributed by atoms with van der Waals surface area (Å²) in [7, 11) is 0. The molecule has 0 unspecified atom stereocenters.